The van der Waals surface area contributed by atoms with Crippen molar-refractivity contribution in [3.8, 4) is 0 Å². The Bertz CT molecular complexity index is 133. The monoisotopic (exact) mass is 124 g/mol. The van der Waals surface area contributed by atoms with Crippen molar-refractivity contribution in [1.82, 2.24) is 0 Å². The molecule has 0 N–H and O–H groups in total. The zero-order valence-electron chi connectivity index (χ0n) is 4.22. The van der Waals surface area contributed by atoms with Gasteiger partial charge in [0, 0.05) is 17.5 Å². The van der Waals surface area contributed by atoms with Gasteiger partial charge in [-0.3, -0.25) is 0 Å². The first kappa shape index (κ1) is 5.06. The van der Waals surface area contributed by atoms with Crippen LogP contribution in [0, 0.1) is 0 Å². The number of rotatable bonds is 0. The van der Waals surface area contributed by atoms with E-state index in [1.54, 1.807) is 0 Å². The molecule has 1 rings (SSSR count). The molecular weight excluding hydrogens is 116 g/mol. The van der Waals surface area contributed by atoms with E-state index >= 15 is 0 Å². The SMILES string of the molecule is C=[Si]1C=C[SiH]=CC1. The first-order chi connectivity index (χ1) is 3.39. The lowest BCUT2D eigenvalue weighted by Gasteiger charge is -1.93. The Morgan fingerprint density at radius 3 is 2.86 bits per heavy atom. The lowest BCUT2D eigenvalue weighted by Crippen LogP contribution is -2.02. The summed E-state index contributed by atoms with van der Waals surface area (Å²) in [7, 11) is 0.304. The van der Waals surface area contributed by atoms with Gasteiger partial charge in [-0.25, -0.2) is 0 Å². The minimum absolute atomic E-state index is 0.258. The highest BCUT2D eigenvalue weighted by atomic mass is 28.2. The summed E-state index contributed by atoms with van der Waals surface area (Å²) in [6.45, 7) is 0. The maximum atomic E-state index is 3.99. The molecule has 1 aliphatic heterocycles. The van der Waals surface area contributed by atoms with Crippen molar-refractivity contribution in [2.45, 2.75) is 6.04 Å². The molecule has 0 aliphatic carbocycles. The van der Waals surface area contributed by atoms with Crippen LogP contribution in [0.3, 0.4) is 0 Å². The Balaban J connectivity index is 2.66. The second-order valence-electron chi connectivity index (χ2n) is 1.65. The van der Waals surface area contributed by atoms with Crippen LogP contribution in [0.2, 0.25) is 6.04 Å². The molecule has 0 aromatic rings. The third-order valence-corrected chi connectivity index (χ3v) is 4.16. The van der Waals surface area contributed by atoms with Crippen molar-refractivity contribution in [2.24, 2.45) is 0 Å². The highest BCUT2D eigenvalue weighted by Gasteiger charge is 1.86. The molecule has 1 heterocycles. The van der Waals surface area contributed by atoms with Crippen LogP contribution in [-0.2, 0) is 0 Å². The summed E-state index contributed by atoms with van der Waals surface area (Å²) in [5.74, 6) is 0. The highest BCUT2D eigenvalue weighted by Crippen LogP contribution is 1.82. The summed E-state index contributed by atoms with van der Waals surface area (Å²) < 4.78 is 0. The lowest BCUT2D eigenvalue weighted by molar-refractivity contribution is 1.96. The van der Waals surface area contributed by atoms with E-state index in [0.717, 1.165) is 0 Å². The van der Waals surface area contributed by atoms with Gasteiger partial charge >= 0.3 is 0 Å². The first-order valence-corrected chi connectivity index (χ1v) is 5.73. The maximum absolute atomic E-state index is 3.99. The molecule has 0 fully saturated rings. The summed E-state index contributed by atoms with van der Waals surface area (Å²) in [5.41, 5.74) is 6.99. The fourth-order valence-corrected chi connectivity index (χ4v) is 4.14. The first-order valence-electron chi connectivity index (χ1n) is 2.40. The standard InChI is InChI=1S/C5H8Si2/c1-7-4-2-6-3-5-7/h2-4,6H,1,5H2. The molecule has 7 heavy (non-hydrogen) atoms. The van der Waals surface area contributed by atoms with E-state index in [4.69, 9.17) is 0 Å². The summed E-state index contributed by atoms with van der Waals surface area (Å²) >= 11 is 0. The maximum Gasteiger partial charge on any atom is 0.0325 e. The molecule has 36 valence electrons. The predicted molar refractivity (Wildman–Crippen MR) is 40.0 cm³/mol. The van der Waals surface area contributed by atoms with Crippen molar-refractivity contribution in [1.29, 1.82) is 0 Å². The Hall–Kier alpha value is -0.0862. The van der Waals surface area contributed by atoms with Crippen LogP contribution in [0.5, 0.6) is 0 Å². The van der Waals surface area contributed by atoms with Crippen molar-refractivity contribution in [3.63, 3.8) is 0 Å². The highest BCUT2D eigenvalue weighted by molar-refractivity contribution is 6.76. The van der Waals surface area contributed by atoms with Crippen molar-refractivity contribution < 1.29 is 0 Å². The molecule has 0 radical (unpaired) electrons. The quantitative estimate of drug-likeness (QED) is 0.392. The van der Waals surface area contributed by atoms with Gasteiger partial charge in [-0.1, -0.05) is 11.4 Å². The molecule has 0 saturated heterocycles. The minimum atomic E-state index is -0.258. The van der Waals surface area contributed by atoms with Gasteiger partial charge in [-0.15, -0.1) is 11.8 Å². The average Bonchev–Trinajstić information content (AvgIpc) is 1.69. The zero-order chi connectivity index (χ0) is 5.11. The Labute approximate surface area is 47.5 Å². The molecule has 0 aromatic heterocycles. The number of hydrogen-bond donors (Lipinski definition) is 0. The van der Waals surface area contributed by atoms with Gasteiger partial charge in [0.15, 0.2) is 0 Å². The van der Waals surface area contributed by atoms with Gasteiger partial charge in [0.2, 0.25) is 0 Å². The third-order valence-electron chi connectivity index (χ3n) is 0.959. The van der Waals surface area contributed by atoms with E-state index in [0.29, 0.717) is 9.13 Å². The summed E-state index contributed by atoms with van der Waals surface area (Å²) in [4.78, 5) is 0. The largest absolute Gasteiger partial charge is 0.114 e. The molecule has 0 amide bonds. The van der Waals surface area contributed by atoms with Crippen LogP contribution in [0.4, 0.5) is 0 Å². The van der Waals surface area contributed by atoms with E-state index in [-0.39, 0.29) is 8.41 Å². The van der Waals surface area contributed by atoms with Crippen LogP contribution < -0.4 is 0 Å². The van der Waals surface area contributed by atoms with Gasteiger partial charge in [-0.05, 0) is 6.04 Å². The van der Waals surface area contributed by atoms with Gasteiger partial charge in [0.05, 0.1) is 0 Å². The van der Waals surface area contributed by atoms with E-state index in [1.165, 1.54) is 6.04 Å². The van der Waals surface area contributed by atoms with Gasteiger partial charge in [0.1, 0.15) is 0 Å². The van der Waals surface area contributed by atoms with Crippen LogP contribution in [0.1, 0.15) is 0 Å². The van der Waals surface area contributed by atoms with Gasteiger partial charge < -0.3 is 0 Å². The van der Waals surface area contributed by atoms with Crippen LogP contribution in [-0.4, -0.2) is 29.4 Å². The summed E-state index contributed by atoms with van der Waals surface area (Å²) in [6.07, 6.45) is 3.99. The summed E-state index contributed by atoms with van der Waals surface area (Å²) in [6, 6.07) is 1.30. The molecule has 0 unspecified atom stereocenters. The van der Waals surface area contributed by atoms with Gasteiger partial charge in [0.25, 0.3) is 0 Å². The normalized spacial score (nSPS) is 18.0. The van der Waals surface area contributed by atoms with Crippen LogP contribution in [0.15, 0.2) is 11.4 Å². The van der Waals surface area contributed by atoms with E-state index < -0.39 is 0 Å². The molecule has 0 saturated carbocycles. The van der Waals surface area contributed by atoms with Crippen LogP contribution >= 0.6 is 0 Å². The third kappa shape index (κ3) is 1.45. The molecule has 0 bridgehead atoms. The zero-order valence-corrected chi connectivity index (χ0v) is 6.38. The molecule has 0 spiro atoms. The lowest BCUT2D eigenvalue weighted by atomic mass is 11.0. The minimum Gasteiger partial charge on any atom is -0.114 e. The Morgan fingerprint density at radius 1 is 1.71 bits per heavy atom. The topological polar surface area (TPSA) is 0 Å². The van der Waals surface area contributed by atoms with Crippen LogP contribution in [0.25, 0.3) is 0 Å². The van der Waals surface area contributed by atoms with E-state index in [9.17, 15) is 0 Å². The summed E-state index contributed by atoms with van der Waals surface area (Å²) in [5, 5.41) is 0. The average molecular weight is 124 g/mol. The van der Waals surface area contributed by atoms with E-state index in [2.05, 4.69) is 23.2 Å². The molecular formula is C5H8Si2. The molecule has 0 nitrogen and oxygen atoms in total. The fraction of sp³-hybridized carbons (Fsp3) is 0.200. The Morgan fingerprint density at radius 2 is 2.57 bits per heavy atom. The van der Waals surface area contributed by atoms with Crippen molar-refractivity contribution in [2.75, 3.05) is 0 Å². The van der Waals surface area contributed by atoms with Gasteiger partial charge in [-0.2, -0.15) is 0 Å². The fourth-order valence-electron chi connectivity index (χ4n) is 0.558. The molecule has 2 heteroatoms. The van der Waals surface area contributed by atoms with E-state index in [1.807, 2.05) is 0 Å². The Kier molecular flexibility index (Phi) is 1.65. The molecule has 0 atom stereocenters. The molecule has 1 aliphatic rings. The number of hydrogen-bond acceptors (Lipinski definition) is 0. The smallest absolute Gasteiger partial charge is 0.0325 e. The predicted octanol–water partition coefficient (Wildman–Crippen LogP) is -0.200. The second kappa shape index (κ2) is 2.28. The molecule has 0 aromatic carbocycles. The van der Waals surface area contributed by atoms with Crippen molar-refractivity contribution >= 4 is 29.4 Å². The second-order valence-corrected chi connectivity index (χ2v) is 4.95. The van der Waals surface area contributed by atoms with Crippen molar-refractivity contribution in [3.05, 3.63) is 11.4 Å².